The minimum atomic E-state index is -3.57. The number of benzene rings is 3. The maximum absolute atomic E-state index is 13.0. The molecule has 0 radical (unpaired) electrons. The lowest BCUT2D eigenvalue weighted by Gasteiger charge is -2.32. The highest BCUT2D eigenvalue weighted by Gasteiger charge is 2.33. The second-order valence-corrected chi connectivity index (χ2v) is 9.94. The Balaban J connectivity index is 1.44. The summed E-state index contributed by atoms with van der Waals surface area (Å²) in [4.78, 5) is 14.9. The maximum Gasteiger partial charge on any atom is 0.243 e. The first-order valence-electron chi connectivity index (χ1n) is 9.88. The van der Waals surface area contributed by atoms with Gasteiger partial charge in [-0.25, -0.2) is 8.42 Å². The van der Waals surface area contributed by atoms with Crippen LogP contribution in [0, 0.1) is 5.92 Å². The highest BCUT2D eigenvalue weighted by atomic mass is 35.5. The molecule has 3 aromatic carbocycles. The first kappa shape index (κ1) is 20.8. The number of rotatable bonds is 4. The molecule has 0 bridgehead atoms. The molecule has 1 aliphatic heterocycles. The highest BCUT2D eigenvalue weighted by Crippen LogP contribution is 2.28. The van der Waals surface area contributed by atoms with Gasteiger partial charge in [-0.05, 0) is 60.0 Å². The summed E-state index contributed by atoms with van der Waals surface area (Å²) in [5.41, 5.74) is 0.843. The molecule has 156 valence electrons. The van der Waals surface area contributed by atoms with Crippen LogP contribution in [0.4, 0.5) is 5.69 Å². The van der Waals surface area contributed by atoms with Gasteiger partial charge in [0, 0.05) is 36.8 Å². The SMILES string of the molecule is CN(C(=O)C1CCN(S(=O)(=O)c2ccc(Cl)cc2)CC1)c1ccc2ccccc2c1. The van der Waals surface area contributed by atoms with Crippen molar-refractivity contribution >= 4 is 44.0 Å². The van der Waals surface area contributed by atoms with Crippen molar-refractivity contribution in [2.45, 2.75) is 17.7 Å². The van der Waals surface area contributed by atoms with Gasteiger partial charge < -0.3 is 4.90 Å². The van der Waals surface area contributed by atoms with Crippen LogP contribution in [0.3, 0.4) is 0 Å². The molecule has 0 atom stereocenters. The molecule has 4 rings (SSSR count). The van der Waals surface area contributed by atoms with Crippen molar-refractivity contribution in [2.75, 3.05) is 25.0 Å². The number of hydrogen-bond donors (Lipinski definition) is 0. The highest BCUT2D eigenvalue weighted by molar-refractivity contribution is 7.89. The normalized spacial score (nSPS) is 15.9. The zero-order valence-electron chi connectivity index (χ0n) is 16.7. The van der Waals surface area contributed by atoms with Crippen LogP contribution in [-0.4, -0.2) is 38.8 Å². The molecule has 0 unspecified atom stereocenters. The molecular formula is C23H23ClN2O3S. The van der Waals surface area contributed by atoms with Gasteiger partial charge in [0.05, 0.1) is 4.90 Å². The van der Waals surface area contributed by atoms with E-state index in [2.05, 4.69) is 0 Å². The fourth-order valence-corrected chi connectivity index (χ4v) is 5.48. The van der Waals surface area contributed by atoms with E-state index in [4.69, 9.17) is 11.6 Å². The van der Waals surface area contributed by atoms with Crippen LogP contribution in [0.2, 0.25) is 5.02 Å². The van der Waals surface area contributed by atoms with E-state index < -0.39 is 10.0 Å². The van der Waals surface area contributed by atoms with Crippen LogP contribution >= 0.6 is 11.6 Å². The van der Waals surface area contributed by atoms with Crippen molar-refractivity contribution in [3.8, 4) is 0 Å². The first-order chi connectivity index (χ1) is 14.4. The zero-order chi connectivity index (χ0) is 21.3. The molecule has 3 aromatic rings. The van der Waals surface area contributed by atoms with Crippen molar-refractivity contribution < 1.29 is 13.2 Å². The van der Waals surface area contributed by atoms with E-state index >= 15 is 0 Å². The summed E-state index contributed by atoms with van der Waals surface area (Å²) in [6.45, 7) is 0.653. The van der Waals surface area contributed by atoms with Crippen molar-refractivity contribution in [2.24, 2.45) is 5.92 Å². The van der Waals surface area contributed by atoms with Crippen molar-refractivity contribution in [1.29, 1.82) is 0 Å². The summed E-state index contributed by atoms with van der Waals surface area (Å²) in [5, 5.41) is 2.70. The average molecular weight is 443 g/mol. The van der Waals surface area contributed by atoms with Crippen LogP contribution in [0.1, 0.15) is 12.8 Å². The Kier molecular flexibility index (Phi) is 5.82. The van der Waals surface area contributed by atoms with E-state index in [0.29, 0.717) is 31.0 Å². The number of nitrogens with zero attached hydrogens (tertiary/aromatic N) is 2. The lowest BCUT2D eigenvalue weighted by molar-refractivity contribution is -0.123. The summed E-state index contributed by atoms with van der Waals surface area (Å²) in [6.07, 6.45) is 1.01. The molecule has 7 heteroatoms. The standard InChI is InChI=1S/C23H23ClN2O3S/c1-25(21-9-6-17-4-2-3-5-19(17)16-21)23(27)18-12-14-26(15-13-18)30(28,29)22-10-7-20(24)8-11-22/h2-11,16,18H,12-15H2,1H3. The molecule has 30 heavy (non-hydrogen) atoms. The molecule has 0 saturated carbocycles. The quantitative estimate of drug-likeness (QED) is 0.595. The van der Waals surface area contributed by atoms with Crippen molar-refractivity contribution in [3.63, 3.8) is 0 Å². The maximum atomic E-state index is 13.0. The average Bonchev–Trinajstić information content (AvgIpc) is 2.78. The lowest BCUT2D eigenvalue weighted by Crippen LogP contribution is -2.43. The number of carbonyl (C=O) groups is 1. The Hall–Kier alpha value is -2.41. The number of carbonyl (C=O) groups excluding carboxylic acids is 1. The number of amides is 1. The molecule has 0 N–H and O–H groups in total. The number of hydrogen-bond acceptors (Lipinski definition) is 3. The van der Waals surface area contributed by atoms with E-state index in [1.54, 1.807) is 24.1 Å². The summed E-state index contributed by atoms with van der Waals surface area (Å²) >= 11 is 5.86. The van der Waals surface area contributed by atoms with Crippen LogP contribution in [0.25, 0.3) is 10.8 Å². The molecule has 0 aliphatic carbocycles. The van der Waals surface area contributed by atoms with E-state index in [1.807, 2.05) is 42.5 Å². The van der Waals surface area contributed by atoms with Gasteiger partial charge in [0.2, 0.25) is 15.9 Å². The van der Waals surface area contributed by atoms with Gasteiger partial charge in [0.15, 0.2) is 0 Å². The second-order valence-electron chi connectivity index (χ2n) is 7.56. The van der Waals surface area contributed by atoms with Crippen LogP contribution in [-0.2, 0) is 14.8 Å². The second kappa shape index (κ2) is 8.38. The predicted molar refractivity (Wildman–Crippen MR) is 120 cm³/mol. The van der Waals surface area contributed by atoms with Gasteiger partial charge in [-0.1, -0.05) is 41.9 Å². The van der Waals surface area contributed by atoms with Gasteiger partial charge in [-0.2, -0.15) is 4.31 Å². The summed E-state index contributed by atoms with van der Waals surface area (Å²) in [6, 6.07) is 20.2. The van der Waals surface area contributed by atoms with E-state index in [0.717, 1.165) is 16.5 Å². The van der Waals surface area contributed by atoms with E-state index in [9.17, 15) is 13.2 Å². The zero-order valence-corrected chi connectivity index (χ0v) is 18.2. The Bertz CT molecular complexity index is 1170. The Morgan fingerprint density at radius 3 is 2.27 bits per heavy atom. The van der Waals surface area contributed by atoms with Gasteiger partial charge in [0.25, 0.3) is 0 Å². The van der Waals surface area contributed by atoms with E-state index in [-0.39, 0.29) is 16.7 Å². The smallest absolute Gasteiger partial charge is 0.243 e. The summed E-state index contributed by atoms with van der Waals surface area (Å²) in [7, 11) is -1.79. The molecule has 5 nitrogen and oxygen atoms in total. The Morgan fingerprint density at radius 1 is 0.967 bits per heavy atom. The minimum absolute atomic E-state index is 0.0221. The number of piperidine rings is 1. The van der Waals surface area contributed by atoms with Crippen molar-refractivity contribution in [1.82, 2.24) is 4.31 Å². The molecule has 1 amide bonds. The van der Waals surface area contributed by atoms with E-state index in [1.165, 1.54) is 16.4 Å². The van der Waals surface area contributed by atoms with Gasteiger partial charge in [0.1, 0.15) is 0 Å². The number of halogens is 1. The Morgan fingerprint density at radius 2 is 1.60 bits per heavy atom. The molecular weight excluding hydrogens is 420 g/mol. The number of anilines is 1. The summed E-state index contributed by atoms with van der Waals surface area (Å²) < 4.78 is 27.1. The predicted octanol–water partition coefficient (Wildman–Crippen LogP) is 4.56. The van der Waals surface area contributed by atoms with Crippen LogP contribution in [0.5, 0.6) is 0 Å². The molecule has 1 heterocycles. The number of sulfonamides is 1. The minimum Gasteiger partial charge on any atom is -0.315 e. The van der Waals surface area contributed by atoms with Crippen molar-refractivity contribution in [3.05, 3.63) is 71.8 Å². The van der Waals surface area contributed by atoms with Crippen LogP contribution < -0.4 is 4.90 Å². The molecule has 1 fully saturated rings. The number of fused-ring (bicyclic) bond motifs is 1. The Labute approximate surface area is 181 Å². The fraction of sp³-hybridized carbons (Fsp3) is 0.261. The summed E-state index contributed by atoms with van der Waals surface area (Å²) in [5.74, 6) is -0.174. The molecule has 1 aliphatic rings. The molecule has 1 saturated heterocycles. The largest absolute Gasteiger partial charge is 0.315 e. The van der Waals surface area contributed by atoms with Gasteiger partial charge in [-0.3, -0.25) is 4.79 Å². The third-order valence-electron chi connectivity index (χ3n) is 5.71. The van der Waals surface area contributed by atoms with Gasteiger partial charge >= 0.3 is 0 Å². The third-order valence-corrected chi connectivity index (χ3v) is 7.87. The topological polar surface area (TPSA) is 57.7 Å². The first-order valence-corrected chi connectivity index (χ1v) is 11.7. The van der Waals surface area contributed by atoms with Gasteiger partial charge in [-0.15, -0.1) is 0 Å². The lowest BCUT2D eigenvalue weighted by atomic mass is 9.96. The molecule has 0 spiro atoms. The third kappa shape index (κ3) is 4.08. The fourth-order valence-electron chi connectivity index (χ4n) is 3.89. The monoisotopic (exact) mass is 442 g/mol. The molecule has 0 aromatic heterocycles. The van der Waals surface area contributed by atoms with Crippen LogP contribution in [0.15, 0.2) is 71.6 Å².